The summed E-state index contributed by atoms with van der Waals surface area (Å²) in [6.07, 6.45) is -4.54. The lowest BCUT2D eigenvalue weighted by Gasteiger charge is -2.09. The van der Waals surface area contributed by atoms with Crippen molar-refractivity contribution < 1.29 is 18.0 Å². The van der Waals surface area contributed by atoms with Crippen LogP contribution in [0.4, 0.5) is 13.2 Å². The predicted molar refractivity (Wildman–Crippen MR) is 91.9 cm³/mol. The third-order valence-corrected chi connectivity index (χ3v) is 4.04. The van der Waals surface area contributed by atoms with Crippen molar-refractivity contribution in [1.82, 2.24) is 9.78 Å². The van der Waals surface area contributed by atoms with Crippen molar-refractivity contribution in [3.05, 3.63) is 70.9 Å². The van der Waals surface area contributed by atoms with Crippen molar-refractivity contribution in [2.24, 2.45) is 5.73 Å². The van der Waals surface area contributed by atoms with Crippen LogP contribution in [0.3, 0.4) is 0 Å². The Bertz CT molecular complexity index is 949. The van der Waals surface area contributed by atoms with Gasteiger partial charge in [-0.1, -0.05) is 41.9 Å². The molecule has 0 radical (unpaired) electrons. The molecule has 0 aliphatic rings. The Hall–Kier alpha value is -2.80. The number of carbonyl (C=O) groups excluding carboxylic acids is 1. The minimum absolute atomic E-state index is 0.0462. The highest BCUT2D eigenvalue weighted by Crippen LogP contribution is 2.35. The second-order valence-electron chi connectivity index (χ2n) is 5.61. The van der Waals surface area contributed by atoms with Gasteiger partial charge in [0.2, 0.25) is 5.91 Å². The average molecular weight is 380 g/mol. The molecule has 2 N–H and O–H groups in total. The maximum atomic E-state index is 13.2. The predicted octanol–water partition coefficient (Wildman–Crippen LogP) is 4.24. The molecule has 0 spiro atoms. The Balaban J connectivity index is 2.12. The van der Waals surface area contributed by atoms with Gasteiger partial charge in [-0.2, -0.15) is 18.3 Å². The smallest absolute Gasteiger partial charge is 0.369 e. The van der Waals surface area contributed by atoms with Crippen LogP contribution in [0.2, 0.25) is 5.02 Å². The molecular formula is C18H13ClF3N3O. The Labute approximate surface area is 152 Å². The lowest BCUT2D eigenvalue weighted by atomic mass is 10.1. The van der Waals surface area contributed by atoms with E-state index in [9.17, 15) is 18.0 Å². The Kier molecular flexibility index (Phi) is 4.73. The van der Waals surface area contributed by atoms with E-state index in [1.807, 2.05) is 0 Å². The summed E-state index contributed by atoms with van der Waals surface area (Å²) < 4.78 is 40.7. The summed E-state index contributed by atoms with van der Waals surface area (Å²) in [6, 6.07) is 13.9. The minimum Gasteiger partial charge on any atom is -0.369 e. The van der Waals surface area contributed by atoms with E-state index in [-0.39, 0.29) is 12.1 Å². The summed E-state index contributed by atoms with van der Waals surface area (Å²) in [5.74, 6) is -0.493. The van der Waals surface area contributed by atoms with Gasteiger partial charge in [-0.3, -0.25) is 4.79 Å². The summed E-state index contributed by atoms with van der Waals surface area (Å²) in [6.45, 7) is 0. The quantitative estimate of drug-likeness (QED) is 0.737. The number of hydrogen-bond acceptors (Lipinski definition) is 2. The van der Waals surface area contributed by atoms with E-state index in [1.165, 1.54) is 4.68 Å². The van der Waals surface area contributed by atoms with E-state index >= 15 is 0 Å². The van der Waals surface area contributed by atoms with E-state index in [0.29, 0.717) is 21.8 Å². The first-order chi connectivity index (χ1) is 12.3. The largest absolute Gasteiger partial charge is 0.435 e. The van der Waals surface area contributed by atoms with Crippen molar-refractivity contribution >= 4 is 17.5 Å². The van der Waals surface area contributed by atoms with Gasteiger partial charge < -0.3 is 5.73 Å². The van der Waals surface area contributed by atoms with E-state index < -0.39 is 17.8 Å². The fourth-order valence-electron chi connectivity index (χ4n) is 2.53. The second-order valence-corrected chi connectivity index (χ2v) is 6.02. The summed E-state index contributed by atoms with van der Waals surface area (Å²) in [4.78, 5) is 11.0. The van der Waals surface area contributed by atoms with Crippen LogP contribution < -0.4 is 5.73 Å². The molecule has 4 nitrogen and oxygen atoms in total. The zero-order valence-corrected chi connectivity index (χ0v) is 14.1. The number of halogens is 4. The van der Waals surface area contributed by atoms with E-state index in [2.05, 4.69) is 5.10 Å². The highest BCUT2D eigenvalue weighted by Gasteiger charge is 2.35. The number of benzene rings is 2. The maximum Gasteiger partial charge on any atom is 0.435 e. The first-order valence-corrected chi connectivity index (χ1v) is 7.93. The van der Waals surface area contributed by atoms with Crippen LogP contribution in [0, 0.1) is 0 Å². The van der Waals surface area contributed by atoms with E-state index in [4.69, 9.17) is 17.3 Å². The van der Waals surface area contributed by atoms with Gasteiger partial charge in [0.25, 0.3) is 0 Å². The number of primary amides is 1. The lowest BCUT2D eigenvalue weighted by molar-refractivity contribution is -0.141. The fraction of sp³-hybridized carbons (Fsp3) is 0.111. The number of amides is 1. The second kappa shape index (κ2) is 6.84. The van der Waals surface area contributed by atoms with Gasteiger partial charge in [-0.25, -0.2) is 4.68 Å². The van der Waals surface area contributed by atoms with E-state index in [1.54, 1.807) is 48.5 Å². The molecule has 1 aromatic heterocycles. The molecule has 0 unspecified atom stereocenters. The molecule has 8 heteroatoms. The third kappa shape index (κ3) is 3.72. The standard InChI is InChI=1S/C18H13ClF3N3O/c19-14-4-2-1-3-13(14)15-10-16(18(20,21)22)24-25(15)12-7-5-11(6-8-12)9-17(23)26/h1-8,10H,9H2,(H2,23,26). The molecule has 0 aliphatic heterocycles. The van der Waals surface area contributed by atoms with Gasteiger partial charge >= 0.3 is 6.18 Å². The number of nitrogens with zero attached hydrogens (tertiary/aromatic N) is 2. The molecule has 0 atom stereocenters. The van der Waals surface area contributed by atoms with Gasteiger partial charge in [0.15, 0.2) is 5.69 Å². The average Bonchev–Trinajstić information content (AvgIpc) is 3.01. The van der Waals surface area contributed by atoms with Gasteiger partial charge in [0.05, 0.1) is 17.8 Å². The molecule has 2 aromatic carbocycles. The molecule has 134 valence electrons. The maximum absolute atomic E-state index is 13.2. The van der Waals surface area contributed by atoms with Crippen molar-refractivity contribution in [2.45, 2.75) is 12.6 Å². The number of aromatic nitrogens is 2. The van der Waals surface area contributed by atoms with Crippen molar-refractivity contribution in [3.63, 3.8) is 0 Å². The molecule has 26 heavy (non-hydrogen) atoms. The van der Waals surface area contributed by atoms with Crippen LogP contribution in [0.25, 0.3) is 16.9 Å². The third-order valence-electron chi connectivity index (χ3n) is 3.71. The topological polar surface area (TPSA) is 60.9 Å². The van der Waals surface area contributed by atoms with E-state index in [0.717, 1.165) is 6.07 Å². The summed E-state index contributed by atoms with van der Waals surface area (Å²) in [7, 11) is 0. The van der Waals surface area contributed by atoms with Gasteiger partial charge in [-0.15, -0.1) is 0 Å². The van der Waals surface area contributed by atoms with Crippen LogP contribution in [-0.2, 0) is 17.4 Å². The fourth-order valence-corrected chi connectivity index (χ4v) is 2.77. The molecule has 3 aromatic rings. The van der Waals surface area contributed by atoms with Gasteiger partial charge in [0, 0.05) is 10.6 Å². The van der Waals surface area contributed by atoms with Gasteiger partial charge in [0.1, 0.15) is 0 Å². The van der Waals surface area contributed by atoms with Crippen LogP contribution in [0.15, 0.2) is 54.6 Å². The number of nitrogens with two attached hydrogens (primary N) is 1. The normalized spacial score (nSPS) is 11.5. The lowest BCUT2D eigenvalue weighted by Crippen LogP contribution is -2.13. The highest BCUT2D eigenvalue weighted by atomic mass is 35.5. The molecule has 0 bridgehead atoms. The molecular weight excluding hydrogens is 367 g/mol. The minimum atomic E-state index is -4.59. The van der Waals surface area contributed by atoms with Crippen LogP contribution in [-0.4, -0.2) is 15.7 Å². The summed E-state index contributed by atoms with van der Waals surface area (Å²) >= 11 is 6.15. The Morgan fingerprint density at radius 1 is 1.12 bits per heavy atom. The number of hydrogen-bond donors (Lipinski definition) is 1. The van der Waals surface area contributed by atoms with Crippen LogP contribution in [0.5, 0.6) is 0 Å². The highest BCUT2D eigenvalue weighted by molar-refractivity contribution is 6.33. The summed E-state index contributed by atoms with van der Waals surface area (Å²) in [5.41, 5.74) is 5.83. The number of rotatable bonds is 4. The zero-order valence-electron chi connectivity index (χ0n) is 13.3. The first kappa shape index (κ1) is 18.0. The molecule has 1 heterocycles. The monoisotopic (exact) mass is 379 g/mol. The van der Waals surface area contributed by atoms with Gasteiger partial charge in [-0.05, 0) is 29.8 Å². The molecule has 0 aliphatic carbocycles. The number of carbonyl (C=O) groups is 1. The number of alkyl halides is 3. The van der Waals surface area contributed by atoms with Crippen molar-refractivity contribution in [1.29, 1.82) is 0 Å². The molecule has 0 fully saturated rings. The molecule has 0 saturated heterocycles. The molecule has 3 rings (SSSR count). The van der Waals surface area contributed by atoms with Crippen LogP contribution in [0.1, 0.15) is 11.3 Å². The first-order valence-electron chi connectivity index (χ1n) is 7.55. The van der Waals surface area contributed by atoms with Crippen LogP contribution >= 0.6 is 11.6 Å². The Morgan fingerprint density at radius 3 is 2.35 bits per heavy atom. The van der Waals surface area contributed by atoms with Crippen molar-refractivity contribution in [2.75, 3.05) is 0 Å². The molecule has 0 saturated carbocycles. The summed E-state index contributed by atoms with van der Waals surface area (Å²) in [5, 5.41) is 4.01. The zero-order chi connectivity index (χ0) is 18.9. The van der Waals surface area contributed by atoms with Crippen molar-refractivity contribution in [3.8, 4) is 16.9 Å². The SMILES string of the molecule is NC(=O)Cc1ccc(-n2nc(C(F)(F)F)cc2-c2ccccc2Cl)cc1. The Morgan fingerprint density at radius 2 is 1.77 bits per heavy atom. The molecule has 1 amide bonds.